The molecule has 8 heteroatoms. The Morgan fingerprint density at radius 2 is 1.69 bits per heavy atom. The first-order chi connectivity index (χ1) is 14.0. The highest BCUT2D eigenvalue weighted by atomic mass is 35.5. The number of halogens is 2. The van der Waals surface area contributed by atoms with E-state index in [0.717, 1.165) is 70.4 Å². The molecule has 1 aromatic carbocycles. The van der Waals surface area contributed by atoms with E-state index in [1.165, 1.54) is 0 Å². The monoisotopic (exact) mass is 442 g/mol. The number of aliphatic imine (C=N–C) groups is 1. The van der Waals surface area contributed by atoms with Crippen molar-refractivity contribution in [3.8, 4) is 0 Å². The maximum atomic E-state index is 12.4. The quantitative estimate of drug-likeness (QED) is 0.415. The number of carbonyl (C=O) groups is 2. The molecule has 0 saturated carbocycles. The second-order valence-electron chi connectivity index (χ2n) is 7.10. The second kappa shape index (κ2) is 12.7. The predicted octanol–water partition coefficient (Wildman–Crippen LogP) is 5.12. The van der Waals surface area contributed by atoms with Gasteiger partial charge in [-0.25, -0.2) is 4.79 Å². The molecule has 0 bridgehead atoms. The summed E-state index contributed by atoms with van der Waals surface area (Å²) in [6, 6.07) is 3.77. The third-order valence-corrected chi connectivity index (χ3v) is 5.45. The summed E-state index contributed by atoms with van der Waals surface area (Å²) >= 11 is 12.0. The van der Waals surface area contributed by atoms with Crippen LogP contribution in [-0.4, -0.2) is 42.1 Å². The minimum absolute atomic E-state index is 0.107. The van der Waals surface area contributed by atoms with Gasteiger partial charge in [-0.3, -0.25) is 9.79 Å². The molecule has 0 aliphatic carbocycles. The summed E-state index contributed by atoms with van der Waals surface area (Å²) in [4.78, 5) is 28.1. The molecule has 1 amide bonds. The number of nitrogens with zero attached hydrogens (tertiary/aromatic N) is 1. The van der Waals surface area contributed by atoms with Gasteiger partial charge in [0.2, 0.25) is 0 Å². The average Bonchev–Trinajstić information content (AvgIpc) is 3.19. The topological polar surface area (TPSA) is 88.0 Å². The fraction of sp³-hybridized carbons (Fsp3) is 0.571. The van der Waals surface area contributed by atoms with Gasteiger partial charge >= 0.3 is 5.97 Å². The molecule has 1 aliphatic rings. The molecule has 160 valence electrons. The number of nitrogens with one attached hydrogen (secondary N) is 1. The van der Waals surface area contributed by atoms with Crippen molar-refractivity contribution >= 4 is 41.0 Å². The highest BCUT2D eigenvalue weighted by molar-refractivity contribution is 6.39. The molecule has 2 rings (SSSR count). The summed E-state index contributed by atoms with van der Waals surface area (Å²) in [5, 5.41) is 12.3. The van der Waals surface area contributed by atoms with E-state index in [1.807, 2.05) is 0 Å². The van der Waals surface area contributed by atoms with Crippen LogP contribution in [0.1, 0.15) is 68.1 Å². The Morgan fingerprint density at radius 1 is 1.07 bits per heavy atom. The van der Waals surface area contributed by atoms with E-state index in [0.29, 0.717) is 6.42 Å². The van der Waals surface area contributed by atoms with Crippen molar-refractivity contribution in [1.82, 2.24) is 5.32 Å². The van der Waals surface area contributed by atoms with Gasteiger partial charge in [0.05, 0.1) is 22.2 Å². The van der Waals surface area contributed by atoms with Crippen LogP contribution in [0.4, 0.5) is 0 Å². The van der Waals surface area contributed by atoms with Gasteiger partial charge in [0, 0.05) is 6.42 Å². The van der Waals surface area contributed by atoms with Crippen LogP contribution in [0, 0.1) is 0 Å². The Bertz CT molecular complexity index is 704. The van der Waals surface area contributed by atoms with Gasteiger partial charge < -0.3 is 15.2 Å². The van der Waals surface area contributed by atoms with E-state index < -0.39 is 17.9 Å². The van der Waals surface area contributed by atoms with Crippen LogP contribution in [0.2, 0.25) is 10.0 Å². The van der Waals surface area contributed by atoms with E-state index in [1.54, 1.807) is 18.2 Å². The third-order valence-electron chi connectivity index (χ3n) is 4.82. The molecule has 29 heavy (non-hydrogen) atoms. The van der Waals surface area contributed by atoms with Crippen molar-refractivity contribution in [2.24, 2.45) is 4.99 Å². The van der Waals surface area contributed by atoms with Gasteiger partial charge in [-0.1, -0.05) is 67.8 Å². The number of aliphatic carboxylic acids is 1. The van der Waals surface area contributed by atoms with Gasteiger partial charge in [-0.05, 0) is 25.0 Å². The Hall–Kier alpha value is -1.79. The Balaban J connectivity index is 1.61. The Morgan fingerprint density at radius 3 is 2.28 bits per heavy atom. The lowest BCUT2D eigenvalue weighted by Crippen LogP contribution is -2.41. The van der Waals surface area contributed by atoms with Gasteiger partial charge in [0.1, 0.15) is 12.6 Å². The molecule has 0 aromatic heterocycles. The summed E-state index contributed by atoms with van der Waals surface area (Å²) in [5.74, 6) is -0.729. The maximum absolute atomic E-state index is 12.4. The summed E-state index contributed by atoms with van der Waals surface area (Å²) in [6.07, 6.45) is 8.53. The smallest absolute Gasteiger partial charge is 0.326 e. The fourth-order valence-corrected chi connectivity index (χ4v) is 3.81. The number of hydrogen-bond acceptors (Lipinski definition) is 4. The minimum Gasteiger partial charge on any atom is -0.480 e. The van der Waals surface area contributed by atoms with Gasteiger partial charge in [-0.2, -0.15) is 0 Å². The van der Waals surface area contributed by atoms with Crippen LogP contribution in [0.25, 0.3) is 0 Å². The van der Waals surface area contributed by atoms with Gasteiger partial charge in [0.25, 0.3) is 5.91 Å². The van der Waals surface area contributed by atoms with Crippen molar-refractivity contribution in [3.05, 3.63) is 33.8 Å². The number of carboxylic acid groups (broad SMARTS) is 1. The average molecular weight is 443 g/mol. The first-order valence-electron chi connectivity index (χ1n) is 10.1. The Labute approximate surface area is 181 Å². The summed E-state index contributed by atoms with van der Waals surface area (Å²) in [6.45, 7) is 1.51. The summed E-state index contributed by atoms with van der Waals surface area (Å²) in [7, 11) is 0. The summed E-state index contributed by atoms with van der Waals surface area (Å²) < 4.78 is 5.38. The molecule has 2 N–H and O–H groups in total. The molecule has 1 aromatic rings. The maximum Gasteiger partial charge on any atom is 0.326 e. The zero-order valence-corrected chi connectivity index (χ0v) is 18.0. The highest BCUT2D eigenvalue weighted by Crippen LogP contribution is 2.24. The van der Waals surface area contributed by atoms with Crippen LogP contribution >= 0.6 is 23.2 Å². The summed E-state index contributed by atoms with van der Waals surface area (Å²) in [5.41, 5.74) is 0.107. The second-order valence-corrected chi connectivity index (χ2v) is 7.91. The first kappa shape index (κ1) is 23.5. The number of unbranched alkanes of at least 4 members (excludes halogenated alkanes) is 6. The number of carbonyl (C=O) groups excluding carboxylic acids is 1. The van der Waals surface area contributed by atoms with Crippen molar-refractivity contribution < 1.29 is 19.4 Å². The van der Waals surface area contributed by atoms with E-state index in [2.05, 4.69) is 10.3 Å². The lowest BCUT2D eigenvalue weighted by Gasteiger charge is -2.15. The molecule has 0 radical (unpaired) electrons. The zero-order chi connectivity index (χ0) is 21.1. The van der Waals surface area contributed by atoms with E-state index >= 15 is 0 Å². The number of hydrogen-bond donors (Lipinski definition) is 2. The minimum atomic E-state index is -1.06. The predicted molar refractivity (Wildman–Crippen MR) is 115 cm³/mol. The number of ether oxygens (including phenoxy) is 1. The molecule has 1 aliphatic heterocycles. The van der Waals surface area contributed by atoms with Gasteiger partial charge in [0.15, 0.2) is 5.90 Å². The Kier molecular flexibility index (Phi) is 10.3. The van der Waals surface area contributed by atoms with Crippen LogP contribution < -0.4 is 5.32 Å². The molecular formula is C21H28Cl2N2O4. The lowest BCUT2D eigenvalue weighted by atomic mass is 10.0. The number of amides is 1. The first-order valence-corrected chi connectivity index (χ1v) is 10.9. The molecular weight excluding hydrogens is 415 g/mol. The number of carboxylic acids is 1. The third kappa shape index (κ3) is 8.23. The van der Waals surface area contributed by atoms with Crippen LogP contribution in [0.15, 0.2) is 23.2 Å². The molecule has 1 heterocycles. The molecule has 6 nitrogen and oxygen atoms in total. The van der Waals surface area contributed by atoms with Crippen molar-refractivity contribution in [2.45, 2.75) is 63.8 Å². The van der Waals surface area contributed by atoms with E-state index in [-0.39, 0.29) is 15.6 Å². The normalized spacial score (nSPS) is 14.2. The highest BCUT2D eigenvalue weighted by Gasteiger charge is 2.23. The van der Waals surface area contributed by atoms with Crippen molar-refractivity contribution in [2.75, 3.05) is 13.2 Å². The zero-order valence-electron chi connectivity index (χ0n) is 16.5. The lowest BCUT2D eigenvalue weighted by molar-refractivity contribution is -0.139. The van der Waals surface area contributed by atoms with E-state index in [4.69, 9.17) is 27.9 Å². The molecule has 1 atom stereocenters. The molecule has 0 saturated heterocycles. The molecule has 0 spiro atoms. The molecule has 0 unspecified atom stereocenters. The van der Waals surface area contributed by atoms with E-state index in [9.17, 15) is 14.7 Å². The number of benzene rings is 1. The van der Waals surface area contributed by atoms with Crippen LogP contribution in [0.5, 0.6) is 0 Å². The number of rotatable bonds is 13. The SMILES string of the molecule is O=C(N[C@@H](CCCCCCCCCC1=NCCO1)C(=O)O)c1c(Cl)cccc1Cl. The molecule has 0 fully saturated rings. The van der Waals surface area contributed by atoms with Crippen molar-refractivity contribution in [3.63, 3.8) is 0 Å². The van der Waals surface area contributed by atoms with Crippen molar-refractivity contribution in [1.29, 1.82) is 0 Å². The van der Waals surface area contributed by atoms with Crippen LogP contribution in [0.3, 0.4) is 0 Å². The standard InChI is InChI=1S/C21H28Cl2N2O4/c22-15-9-8-10-16(23)19(15)20(26)25-17(21(27)28)11-6-4-2-1-3-5-7-12-18-24-13-14-29-18/h8-10,17H,1-7,11-14H2,(H,25,26)(H,27,28)/t17-/m0/s1. The fourth-order valence-electron chi connectivity index (χ4n) is 3.24. The van der Waals surface area contributed by atoms with Gasteiger partial charge in [-0.15, -0.1) is 0 Å². The van der Waals surface area contributed by atoms with Crippen LogP contribution in [-0.2, 0) is 9.53 Å². The largest absolute Gasteiger partial charge is 0.480 e.